The number of amides is 1. The molecule has 0 saturated heterocycles. The van der Waals surface area contributed by atoms with E-state index in [9.17, 15) is 4.79 Å². The number of halogens is 1. The van der Waals surface area contributed by atoms with Crippen LogP contribution in [-0.4, -0.2) is 25.7 Å². The highest BCUT2D eigenvalue weighted by Crippen LogP contribution is 2.36. The number of benzene rings is 1. The van der Waals surface area contributed by atoms with Crippen LogP contribution in [0.1, 0.15) is 49.9 Å². The summed E-state index contributed by atoms with van der Waals surface area (Å²) in [7, 11) is 1.54. The molecule has 1 aliphatic rings. The molecule has 1 amide bonds. The zero-order valence-corrected chi connectivity index (χ0v) is 14.2. The number of rotatable bonds is 5. The zero-order valence-electron chi connectivity index (χ0n) is 13.4. The van der Waals surface area contributed by atoms with Gasteiger partial charge < -0.3 is 14.8 Å². The van der Waals surface area contributed by atoms with E-state index in [1.54, 1.807) is 19.2 Å². The molecule has 1 N–H and O–H groups in total. The van der Waals surface area contributed by atoms with Crippen molar-refractivity contribution in [1.82, 2.24) is 5.32 Å². The highest BCUT2D eigenvalue weighted by molar-refractivity contribution is 6.32. The first-order chi connectivity index (χ1) is 10.6. The molecule has 1 fully saturated rings. The molecular weight excluding hydrogens is 302 g/mol. The molecule has 1 aromatic carbocycles. The maximum atomic E-state index is 12.5. The largest absolute Gasteiger partial charge is 0.493 e. The minimum Gasteiger partial charge on any atom is -0.493 e. The number of ether oxygens (including phenoxy) is 2. The van der Waals surface area contributed by atoms with Crippen molar-refractivity contribution in [3.8, 4) is 11.5 Å². The summed E-state index contributed by atoms with van der Waals surface area (Å²) in [6.07, 6.45) is 4.62. The van der Waals surface area contributed by atoms with Crippen LogP contribution >= 0.6 is 11.6 Å². The van der Waals surface area contributed by atoms with Gasteiger partial charge in [-0.05, 0) is 37.8 Å². The lowest BCUT2D eigenvalue weighted by Crippen LogP contribution is -2.41. The Balaban J connectivity index is 2.17. The van der Waals surface area contributed by atoms with Crippen LogP contribution in [-0.2, 0) is 0 Å². The molecule has 4 nitrogen and oxygen atoms in total. The monoisotopic (exact) mass is 325 g/mol. The van der Waals surface area contributed by atoms with Gasteiger partial charge in [-0.1, -0.05) is 31.4 Å². The van der Waals surface area contributed by atoms with Crippen molar-refractivity contribution in [3.63, 3.8) is 0 Å². The van der Waals surface area contributed by atoms with E-state index < -0.39 is 0 Å². The standard InChI is InChI=1S/C17H24ClNO3/c1-4-22-16-13(18)9-12(10-15(16)21-3)17(20)19-14-8-6-5-7-11(14)2/h9-11,14H,4-8H2,1-3H3,(H,19,20)/t11-,14+/m0/s1. The normalized spacial score (nSPS) is 21.3. The van der Waals surface area contributed by atoms with E-state index in [1.807, 2.05) is 6.92 Å². The SMILES string of the molecule is CCOc1c(Cl)cc(C(=O)N[C@@H]2CCCC[C@@H]2C)cc1OC. The third kappa shape index (κ3) is 3.86. The molecule has 0 spiro atoms. The van der Waals surface area contributed by atoms with Gasteiger partial charge in [0.15, 0.2) is 11.5 Å². The van der Waals surface area contributed by atoms with Crippen LogP contribution < -0.4 is 14.8 Å². The van der Waals surface area contributed by atoms with Crippen LogP contribution in [0.4, 0.5) is 0 Å². The maximum Gasteiger partial charge on any atom is 0.251 e. The highest BCUT2D eigenvalue weighted by Gasteiger charge is 2.24. The summed E-state index contributed by atoms with van der Waals surface area (Å²) in [4.78, 5) is 12.5. The summed E-state index contributed by atoms with van der Waals surface area (Å²) >= 11 is 6.22. The summed E-state index contributed by atoms with van der Waals surface area (Å²) in [5.74, 6) is 1.37. The van der Waals surface area contributed by atoms with E-state index in [1.165, 1.54) is 12.8 Å². The molecule has 1 aliphatic carbocycles. The molecule has 2 rings (SSSR count). The van der Waals surface area contributed by atoms with Crippen molar-refractivity contribution in [2.75, 3.05) is 13.7 Å². The lowest BCUT2D eigenvalue weighted by atomic mass is 9.86. The summed E-state index contributed by atoms with van der Waals surface area (Å²) in [5, 5.41) is 3.51. The highest BCUT2D eigenvalue weighted by atomic mass is 35.5. The van der Waals surface area contributed by atoms with Gasteiger partial charge in [-0.25, -0.2) is 0 Å². The predicted octanol–water partition coefficient (Wildman–Crippen LogP) is 4.06. The van der Waals surface area contributed by atoms with Crippen LogP contribution in [0.5, 0.6) is 11.5 Å². The fourth-order valence-corrected chi connectivity index (χ4v) is 3.18. The Kier molecular flexibility index (Phi) is 5.95. The van der Waals surface area contributed by atoms with Gasteiger partial charge in [-0.15, -0.1) is 0 Å². The Labute approximate surface area is 137 Å². The van der Waals surface area contributed by atoms with Gasteiger partial charge in [-0.3, -0.25) is 4.79 Å². The topological polar surface area (TPSA) is 47.6 Å². The van der Waals surface area contributed by atoms with Gasteiger partial charge in [0.2, 0.25) is 0 Å². The Morgan fingerprint density at radius 2 is 2.09 bits per heavy atom. The molecule has 0 aromatic heterocycles. The summed E-state index contributed by atoms with van der Waals surface area (Å²) in [6, 6.07) is 3.55. The van der Waals surface area contributed by atoms with E-state index in [0.717, 1.165) is 12.8 Å². The third-order valence-corrected chi connectivity index (χ3v) is 4.49. The van der Waals surface area contributed by atoms with Gasteiger partial charge in [0.1, 0.15) is 0 Å². The van der Waals surface area contributed by atoms with E-state index in [4.69, 9.17) is 21.1 Å². The minimum absolute atomic E-state index is 0.109. The molecule has 1 aromatic rings. The van der Waals surface area contributed by atoms with Gasteiger partial charge in [0.05, 0.1) is 18.7 Å². The molecule has 2 atom stereocenters. The van der Waals surface area contributed by atoms with Crippen molar-refractivity contribution >= 4 is 17.5 Å². The molecule has 1 saturated carbocycles. The van der Waals surface area contributed by atoms with E-state index in [0.29, 0.717) is 34.6 Å². The zero-order chi connectivity index (χ0) is 16.1. The average molecular weight is 326 g/mol. The van der Waals surface area contributed by atoms with Crippen LogP contribution in [0.15, 0.2) is 12.1 Å². The maximum absolute atomic E-state index is 12.5. The molecule has 122 valence electrons. The van der Waals surface area contributed by atoms with Crippen molar-refractivity contribution in [3.05, 3.63) is 22.7 Å². The van der Waals surface area contributed by atoms with Gasteiger partial charge in [0, 0.05) is 11.6 Å². The number of hydrogen-bond acceptors (Lipinski definition) is 3. The number of methoxy groups -OCH3 is 1. The van der Waals surface area contributed by atoms with Crippen molar-refractivity contribution in [2.45, 2.75) is 45.6 Å². The lowest BCUT2D eigenvalue weighted by molar-refractivity contribution is 0.0910. The fourth-order valence-electron chi connectivity index (χ4n) is 2.92. The molecule has 0 unspecified atom stereocenters. The lowest BCUT2D eigenvalue weighted by Gasteiger charge is -2.29. The Bertz CT molecular complexity index is 533. The van der Waals surface area contributed by atoms with Crippen molar-refractivity contribution in [2.24, 2.45) is 5.92 Å². The van der Waals surface area contributed by atoms with Crippen molar-refractivity contribution in [1.29, 1.82) is 0 Å². The first-order valence-corrected chi connectivity index (χ1v) is 8.25. The first kappa shape index (κ1) is 16.9. The molecule has 0 radical (unpaired) electrons. The smallest absolute Gasteiger partial charge is 0.251 e. The second-order valence-corrected chi connectivity index (χ2v) is 6.17. The summed E-state index contributed by atoms with van der Waals surface area (Å²) < 4.78 is 10.8. The Morgan fingerprint density at radius 1 is 1.36 bits per heavy atom. The van der Waals surface area contributed by atoms with Gasteiger partial charge in [0.25, 0.3) is 5.91 Å². The number of carbonyl (C=O) groups is 1. The second-order valence-electron chi connectivity index (χ2n) is 5.76. The van der Waals surface area contributed by atoms with Crippen molar-refractivity contribution < 1.29 is 14.3 Å². The van der Waals surface area contributed by atoms with Gasteiger partial charge in [-0.2, -0.15) is 0 Å². The fraction of sp³-hybridized carbons (Fsp3) is 0.588. The number of nitrogens with one attached hydrogen (secondary N) is 1. The molecule has 0 bridgehead atoms. The van der Waals surface area contributed by atoms with Crippen LogP contribution in [0, 0.1) is 5.92 Å². The van der Waals surface area contributed by atoms with Crippen LogP contribution in [0.25, 0.3) is 0 Å². The molecule has 0 aliphatic heterocycles. The predicted molar refractivity (Wildman–Crippen MR) is 88.1 cm³/mol. The molecule has 22 heavy (non-hydrogen) atoms. The average Bonchev–Trinajstić information content (AvgIpc) is 2.51. The molecule has 5 heteroatoms. The Morgan fingerprint density at radius 3 is 2.73 bits per heavy atom. The molecule has 0 heterocycles. The minimum atomic E-state index is -0.109. The van der Waals surface area contributed by atoms with Crippen LogP contribution in [0.3, 0.4) is 0 Å². The summed E-state index contributed by atoms with van der Waals surface area (Å²) in [6.45, 7) is 4.55. The quantitative estimate of drug-likeness (QED) is 0.888. The second kappa shape index (κ2) is 7.73. The number of hydrogen-bond donors (Lipinski definition) is 1. The molecular formula is C17H24ClNO3. The van der Waals surface area contributed by atoms with E-state index in [-0.39, 0.29) is 11.9 Å². The van der Waals surface area contributed by atoms with Crippen LogP contribution in [0.2, 0.25) is 5.02 Å². The first-order valence-electron chi connectivity index (χ1n) is 7.88. The van der Waals surface area contributed by atoms with E-state index in [2.05, 4.69) is 12.2 Å². The number of carbonyl (C=O) groups excluding carboxylic acids is 1. The Hall–Kier alpha value is -1.42. The van der Waals surface area contributed by atoms with E-state index >= 15 is 0 Å². The summed E-state index contributed by atoms with van der Waals surface area (Å²) in [5.41, 5.74) is 0.503. The van der Waals surface area contributed by atoms with Gasteiger partial charge >= 0.3 is 0 Å². The third-order valence-electron chi connectivity index (χ3n) is 4.21.